The summed E-state index contributed by atoms with van der Waals surface area (Å²) in [6.45, 7) is 2.43. The van der Waals surface area contributed by atoms with Crippen molar-refractivity contribution >= 4 is 58.2 Å². The number of hydrogen-bond acceptors (Lipinski definition) is 6. The Morgan fingerprint density at radius 1 is 1.03 bits per heavy atom. The molecule has 4 rings (SSSR count). The third-order valence-corrected chi connectivity index (χ3v) is 5.53. The molecule has 8 nitrogen and oxygen atoms in total. The number of benzene rings is 1. The van der Waals surface area contributed by atoms with Crippen molar-refractivity contribution in [2.24, 2.45) is 0 Å². The first kappa shape index (κ1) is 22.6. The van der Waals surface area contributed by atoms with Crippen molar-refractivity contribution in [1.29, 1.82) is 0 Å². The van der Waals surface area contributed by atoms with Gasteiger partial charge in [-0.1, -0.05) is 11.6 Å². The van der Waals surface area contributed by atoms with Crippen molar-refractivity contribution in [1.82, 2.24) is 10.2 Å². The molecule has 1 aromatic carbocycles. The molecule has 0 unspecified atom stereocenters. The molecule has 1 aliphatic heterocycles. The first-order chi connectivity index (χ1) is 16.0. The summed E-state index contributed by atoms with van der Waals surface area (Å²) in [5, 5.41) is 6.21. The Morgan fingerprint density at radius 3 is 2.45 bits per heavy atom. The Morgan fingerprint density at radius 2 is 1.79 bits per heavy atom. The molecule has 2 aromatic heterocycles. The standard InChI is InChI=1S/C23H21ClN4O4S/c24-18-15-16(25-23(33)26-21(29)8-6-17-3-1-13-31-17)5-7-19(18)27-9-11-28(12-10-27)22(30)20-4-2-14-32-20/h1-8,13-15H,9-12H2,(H2,25,26,29,33)/b8-6+. The number of nitrogens with one attached hydrogen (secondary N) is 2. The molecule has 1 saturated heterocycles. The maximum Gasteiger partial charge on any atom is 0.289 e. The Bertz CT molecular complexity index is 1150. The number of carbonyl (C=O) groups is 2. The van der Waals surface area contributed by atoms with Crippen molar-refractivity contribution in [3.63, 3.8) is 0 Å². The van der Waals surface area contributed by atoms with Gasteiger partial charge in [0.25, 0.3) is 5.91 Å². The molecular formula is C23H21ClN4O4S. The van der Waals surface area contributed by atoms with Gasteiger partial charge in [-0.05, 0) is 60.8 Å². The fourth-order valence-corrected chi connectivity index (χ4v) is 3.93. The van der Waals surface area contributed by atoms with E-state index in [0.29, 0.717) is 48.4 Å². The minimum atomic E-state index is -0.381. The van der Waals surface area contributed by atoms with Gasteiger partial charge in [-0.15, -0.1) is 0 Å². The molecule has 3 heterocycles. The van der Waals surface area contributed by atoms with E-state index in [-0.39, 0.29) is 16.9 Å². The van der Waals surface area contributed by atoms with Crippen molar-refractivity contribution in [2.75, 3.05) is 36.4 Å². The molecule has 0 radical (unpaired) electrons. The Labute approximate surface area is 200 Å². The summed E-state index contributed by atoms with van der Waals surface area (Å²) in [4.78, 5) is 28.3. The maximum atomic E-state index is 12.4. The van der Waals surface area contributed by atoms with Gasteiger partial charge in [0.05, 0.1) is 23.2 Å². The van der Waals surface area contributed by atoms with Gasteiger partial charge >= 0.3 is 0 Å². The van der Waals surface area contributed by atoms with Gasteiger partial charge in [-0.25, -0.2) is 0 Å². The van der Waals surface area contributed by atoms with Crippen molar-refractivity contribution in [3.8, 4) is 0 Å². The molecule has 0 aliphatic carbocycles. The average molecular weight is 485 g/mol. The summed E-state index contributed by atoms with van der Waals surface area (Å²) >= 11 is 11.7. The van der Waals surface area contributed by atoms with Crippen LogP contribution in [0.15, 0.2) is 69.9 Å². The van der Waals surface area contributed by atoms with Crippen LogP contribution in [0.4, 0.5) is 11.4 Å². The zero-order chi connectivity index (χ0) is 23.2. The van der Waals surface area contributed by atoms with E-state index in [9.17, 15) is 9.59 Å². The molecule has 2 N–H and O–H groups in total. The lowest BCUT2D eigenvalue weighted by Gasteiger charge is -2.36. The van der Waals surface area contributed by atoms with E-state index >= 15 is 0 Å². The molecule has 0 saturated carbocycles. The summed E-state index contributed by atoms with van der Waals surface area (Å²) in [7, 11) is 0. The zero-order valence-corrected chi connectivity index (χ0v) is 19.1. The van der Waals surface area contributed by atoms with E-state index in [1.54, 1.807) is 41.3 Å². The van der Waals surface area contributed by atoms with Crippen LogP contribution >= 0.6 is 23.8 Å². The zero-order valence-electron chi connectivity index (χ0n) is 17.5. The smallest absolute Gasteiger partial charge is 0.289 e. The Kier molecular flexibility index (Phi) is 7.11. The quantitative estimate of drug-likeness (QED) is 0.417. The van der Waals surface area contributed by atoms with Crippen LogP contribution in [0.5, 0.6) is 0 Å². The highest BCUT2D eigenvalue weighted by molar-refractivity contribution is 7.80. The van der Waals surface area contributed by atoms with Crippen molar-refractivity contribution < 1.29 is 18.4 Å². The van der Waals surface area contributed by atoms with Crippen LogP contribution in [-0.2, 0) is 4.79 Å². The number of furan rings is 2. The highest BCUT2D eigenvalue weighted by atomic mass is 35.5. The van der Waals surface area contributed by atoms with Gasteiger partial charge in [-0.3, -0.25) is 14.9 Å². The molecule has 33 heavy (non-hydrogen) atoms. The lowest BCUT2D eigenvalue weighted by Crippen LogP contribution is -2.48. The van der Waals surface area contributed by atoms with Crippen molar-refractivity contribution in [3.05, 3.63) is 77.6 Å². The lowest BCUT2D eigenvalue weighted by atomic mass is 10.2. The SMILES string of the molecule is O=C(/C=C/c1ccco1)NC(=S)Nc1ccc(N2CCN(C(=O)c3ccco3)CC2)c(Cl)c1. The first-order valence-electron chi connectivity index (χ1n) is 10.2. The molecule has 1 fully saturated rings. The summed E-state index contributed by atoms with van der Waals surface area (Å²) in [6, 6.07) is 12.3. The molecule has 2 amide bonds. The van der Waals surface area contributed by atoms with Crippen LogP contribution < -0.4 is 15.5 Å². The average Bonchev–Trinajstić information content (AvgIpc) is 3.52. The van der Waals surface area contributed by atoms with Crippen LogP contribution in [0.1, 0.15) is 16.3 Å². The summed E-state index contributed by atoms with van der Waals surface area (Å²) < 4.78 is 10.3. The number of piperazine rings is 1. The van der Waals surface area contributed by atoms with E-state index in [2.05, 4.69) is 15.5 Å². The number of anilines is 2. The number of halogens is 1. The predicted molar refractivity (Wildman–Crippen MR) is 130 cm³/mol. The minimum Gasteiger partial charge on any atom is -0.465 e. The highest BCUT2D eigenvalue weighted by Crippen LogP contribution is 2.30. The largest absolute Gasteiger partial charge is 0.465 e. The number of hydrogen-bond donors (Lipinski definition) is 2. The normalized spacial score (nSPS) is 13.8. The second-order valence-electron chi connectivity index (χ2n) is 7.21. The Hall–Kier alpha value is -3.56. The van der Waals surface area contributed by atoms with Gasteiger partial charge in [0.2, 0.25) is 5.91 Å². The summed E-state index contributed by atoms with van der Waals surface area (Å²) in [6.07, 6.45) is 5.90. The van der Waals surface area contributed by atoms with Crippen LogP contribution in [0.2, 0.25) is 5.02 Å². The van der Waals surface area contributed by atoms with E-state index < -0.39 is 0 Å². The second-order valence-corrected chi connectivity index (χ2v) is 8.03. The molecule has 0 atom stereocenters. The van der Waals surface area contributed by atoms with Crippen LogP contribution in [0.3, 0.4) is 0 Å². The number of carbonyl (C=O) groups excluding carboxylic acids is 2. The fourth-order valence-electron chi connectivity index (χ4n) is 3.41. The third kappa shape index (κ3) is 5.82. The molecule has 1 aliphatic rings. The van der Waals surface area contributed by atoms with Crippen LogP contribution in [0, 0.1) is 0 Å². The first-order valence-corrected chi connectivity index (χ1v) is 11.0. The van der Waals surface area contributed by atoms with Gasteiger partial charge < -0.3 is 24.0 Å². The van der Waals surface area contributed by atoms with Gasteiger partial charge in [-0.2, -0.15) is 0 Å². The minimum absolute atomic E-state index is 0.111. The Balaban J connectivity index is 1.29. The monoisotopic (exact) mass is 484 g/mol. The number of rotatable bonds is 5. The molecule has 10 heteroatoms. The van der Waals surface area contributed by atoms with Gasteiger partial charge in [0.1, 0.15) is 5.76 Å². The number of nitrogens with zero attached hydrogens (tertiary/aromatic N) is 2. The third-order valence-electron chi connectivity index (χ3n) is 5.02. The fraction of sp³-hybridized carbons (Fsp3) is 0.174. The van der Waals surface area contributed by atoms with Crippen LogP contribution in [0.25, 0.3) is 6.08 Å². The van der Waals surface area contributed by atoms with E-state index in [0.717, 1.165) is 5.69 Å². The molecule has 170 valence electrons. The maximum absolute atomic E-state index is 12.4. The van der Waals surface area contributed by atoms with Crippen molar-refractivity contribution in [2.45, 2.75) is 0 Å². The summed E-state index contributed by atoms with van der Waals surface area (Å²) in [5.41, 5.74) is 1.51. The molecule has 3 aromatic rings. The molecule has 0 spiro atoms. The van der Waals surface area contributed by atoms with Gasteiger partial charge in [0, 0.05) is 37.9 Å². The molecule has 0 bridgehead atoms. The second kappa shape index (κ2) is 10.4. The number of amides is 2. The van der Waals surface area contributed by atoms with E-state index in [4.69, 9.17) is 32.7 Å². The highest BCUT2D eigenvalue weighted by Gasteiger charge is 2.24. The number of thiocarbonyl (C=S) groups is 1. The van der Waals surface area contributed by atoms with Gasteiger partial charge in [0.15, 0.2) is 10.9 Å². The van der Waals surface area contributed by atoms with E-state index in [1.807, 2.05) is 12.1 Å². The van der Waals surface area contributed by atoms with E-state index in [1.165, 1.54) is 18.6 Å². The lowest BCUT2D eigenvalue weighted by molar-refractivity contribution is -0.115. The summed E-state index contributed by atoms with van der Waals surface area (Å²) in [5.74, 6) is 0.419. The predicted octanol–water partition coefficient (Wildman–Crippen LogP) is 4.01. The molecular weight excluding hydrogens is 464 g/mol. The topological polar surface area (TPSA) is 91.0 Å². The van der Waals surface area contributed by atoms with Crippen LogP contribution in [-0.4, -0.2) is 48.0 Å².